The molecule has 0 saturated carbocycles. The van der Waals surface area contributed by atoms with Crippen LogP contribution in [0.5, 0.6) is 0 Å². The minimum Gasteiger partial charge on any atom is -0.214 e. The van der Waals surface area contributed by atoms with Crippen molar-refractivity contribution in [3.8, 4) is 0 Å². The third-order valence-electron chi connectivity index (χ3n) is 2.25. The zero-order valence-corrected chi connectivity index (χ0v) is 15.3. The molecule has 0 N–H and O–H groups in total. The van der Waals surface area contributed by atoms with Gasteiger partial charge in [-0.2, -0.15) is 47.5 Å². The Morgan fingerprint density at radius 2 is 1.33 bits per heavy atom. The Hall–Kier alpha value is 0.0331. The summed E-state index contributed by atoms with van der Waals surface area (Å²) in [6, 6.07) is 16.3. The summed E-state index contributed by atoms with van der Waals surface area (Å²) in [5.74, 6) is 0. The second-order valence-electron chi connectivity index (χ2n) is 4.11. The molecular weight excluding hydrogens is 342 g/mol. The molecule has 0 amide bonds. The molecule has 18 heavy (non-hydrogen) atoms. The first-order valence-electron chi connectivity index (χ1n) is 5.79. The Morgan fingerprint density at radius 3 is 1.44 bits per heavy atom. The van der Waals surface area contributed by atoms with Gasteiger partial charge in [0.15, 0.2) is 0 Å². The first-order chi connectivity index (χ1) is 8.45. The second kappa shape index (κ2) is 10.9. The van der Waals surface area contributed by atoms with E-state index in [9.17, 15) is 0 Å². The molecule has 2 aromatic rings. The second-order valence-corrected chi connectivity index (χ2v) is 13.5. The van der Waals surface area contributed by atoms with E-state index in [1.807, 2.05) is 44.2 Å². The van der Waals surface area contributed by atoms with Crippen LogP contribution in [0, 0.1) is 13.8 Å². The van der Waals surface area contributed by atoms with Crippen molar-refractivity contribution >= 4 is 20.2 Å². The summed E-state index contributed by atoms with van der Waals surface area (Å²) in [7, 11) is 11.1. The molecule has 0 radical (unpaired) electrons. The normalized spacial score (nSPS) is 8.56. The summed E-state index contributed by atoms with van der Waals surface area (Å²) in [5, 5.41) is 0. The molecular formula is C15H20Cl2Zr-2. The minimum absolute atomic E-state index is 1.24. The Bertz CT molecular complexity index is 387. The Morgan fingerprint density at radius 1 is 0.944 bits per heavy atom. The average molecular weight is 362 g/mol. The first-order valence-corrected chi connectivity index (χ1v) is 13.3. The number of rotatable bonds is 0. The van der Waals surface area contributed by atoms with E-state index >= 15 is 0 Å². The Labute approximate surface area is 126 Å². The molecule has 0 aliphatic carbocycles. The molecule has 0 unspecified atom stereocenters. The average Bonchev–Trinajstić information content (AvgIpc) is 2.96. The minimum atomic E-state index is -1.84. The van der Waals surface area contributed by atoms with Gasteiger partial charge in [-0.05, 0) is 0 Å². The Kier molecular flexibility index (Phi) is 10.9. The zero-order chi connectivity index (χ0) is 14.0. The molecule has 0 heterocycles. The largest absolute Gasteiger partial charge is 0.214 e. The summed E-state index contributed by atoms with van der Waals surface area (Å²) in [6.07, 6.45) is 0. The summed E-state index contributed by atoms with van der Waals surface area (Å²) in [4.78, 5) is 0. The van der Waals surface area contributed by atoms with Gasteiger partial charge in [0.05, 0.1) is 0 Å². The van der Waals surface area contributed by atoms with Crippen molar-refractivity contribution in [1.29, 1.82) is 0 Å². The van der Waals surface area contributed by atoms with E-state index in [2.05, 4.69) is 32.0 Å². The number of halogens is 2. The number of hydrogen-bond donors (Lipinski definition) is 0. The van der Waals surface area contributed by atoms with Crippen molar-refractivity contribution in [2.45, 2.75) is 27.7 Å². The molecule has 100 valence electrons. The molecule has 3 heteroatoms. The predicted molar refractivity (Wildman–Crippen MR) is 81.6 cm³/mol. The maximum Gasteiger partial charge on any atom is -0.0958 e. The van der Waals surface area contributed by atoms with E-state index in [1.54, 1.807) is 0 Å². The predicted octanol–water partition coefficient (Wildman–Crippen LogP) is 5.55. The van der Waals surface area contributed by atoms with Crippen LogP contribution in [-0.4, -0.2) is 3.21 Å². The maximum atomic E-state index is 5.54. The van der Waals surface area contributed by atoms with Crippen molar-refractivity contribution < 1.29 is 18.9 Å². The fraction of sp³-hybridized carbons (Fsp3) is 0.267. The van der Waals surface area contributed by atoms with E-state index in [0.29, 0.717) is 0 Å². The van der Waals surface area contributed by atoms with Crippen LogP contribution in [0.25, 0.3) is 0 Å². The van der Waals surface area contributed by atoms with Crippen molar-refractivity contribution in [1.82, 2.24) is 0 Å². The summed E-state index contributed by atoms with van der Waals surface area (Å²) >= 11 is -1.84. The van der Waals surface area contributed by atoms with Crippen LogP contribution < -0.4 is 0 Å². The fourth-order valence-corrected chi connectivity index (χ4v) is 0.920. The van der Waals surface area contributed by atoms with Gasteiger partial charge in [0.2, 0.25) is 0 Å². The van der Waals surface area contributed by atoms with E-state index < -0.39 is 18.9 Å². The van der Waals surface area contributed by atoms with Crippen LogP contribution in [0.15, 0.2) is 48.5 Å². The number of aryl methyl sites for hydroxylation is 2. The van der Waals surface area contributed by atoms with E-state index in [4.69, 9.17) is 17.0 Å². The molecule has 0 aromatic heterocycles. The van der Waals surface area contributed by atoms with Crippen LogP contribution in [0.4, 0.5) is 0 Å². The number of hydrogen-bond acceptors (Lipinski definition) is 0. The SMILES string of the molecule is C[C](C)=[Zr]([Cl])[Cl].Cc1c[cH-]cc1C.c1cc[cH-]c1. The van der Waals surface area contributed by atoms with Gasteiger partial charge in [0, 0.05) is 0 Å². The van der Waals surface area contributed by atoms with Crippen molar-refractivity contribution in [3.05, 3.63) is 59.7 Å². The molecule has 0 fully saturated rings. The van der Waals surface area contributed by atoms with E-state index in [0.717, 1.165) is 0 Å². The van der Waals surface area contributed by atoms with Gasteiger partial charge in [-0.1, -0.05) is 13.8 Å². The molecule has 2 aromatic carbocycles. The smallest absolute Gasteiger partial charge is 0.0958 e. The molecule has 0 nitrogen and oxygen atoms in total. The van der Waals surface area contributed by atoms with Gasteiger partial charge in [-0.15, -0.1) is 0 Å². The standard InChI is InChI=1S/C7H9.C5H5.C3H6.2ClH.Zr/c1-6-4-3-5-7(6)2;1-2-4-5-3-1;1-3-2;;;/h3-5H,1-2H3;1-5H;1-2H3;2*1H;/q2*-1;;;;+2/p-2. The molecule has 0 bridgehead atoms. The van der Waals surface area contributed by atoms with Crippen molar-refractivity contribution in [2.75, 3.05) is 0 Å². The van der Waals surface area contributed by atoms with Crippen LogP contribution in [0.2, 0.25) is 0 Å². The van der Waals surface area contributed by atoms with Crippen LogP contribution in [0.3, 0.4) is 0 Å². The molecule has 0 spiro atoms. The zero-order valence-electron chi connectivity index (χ0n) is 11.4. The van der Waals surface area contributed by atoms with Gasteiger partial charge in [0.25, 0.3) is 0 Å². The summed E-state index contributed by atoms with van der Waals surface area (Å²) < 4.78 is 1.24. The molecule has 0 aliphatic heterocycles. The van der Waals surface area contributed by atoms with Gasteiger partial charge in [-0.25, -0.2) is 12.1 Å². The van der Waals surface area contributed by atoms with Gasteiger partial charge >= 0.3 is 53.0 Å². The topological polar surface area (TPSA) is 0 Å². The summed E-state index contributed by atoms with van der Waals surface area (Å²) in [5.41, 5.74) is 2.78. The van der Waals surface area contributed by atoms with Crippen LogP contribution in [0.1, 0.15) is 25.0 Å². The quantitative estimate of drug-likeness (QED) is 0.539. The van der Waals surface area contributed by atoms with Gasteiger partial charge < -0.3 is 0 Å². The van der Waals surface area contributed by atoms with Crippen LogP contribution in [-0.2, 0) is 18.9 Å². The third-order valence-corrected chi connectivity index (χ3v) is 8.58. The monoisotopic (exact) mass is 360 g/mol. The van der Waals surface area contributed by atoms with Gasteiger partial charge in [0.1, 0.15) is 0 Å². The van der Waals surface area contributed by atoms with Gasteiger partial charge in [-0.3, -0.25) is 0 Å². The van der Waals surface area contributed by atoms with E-state index in [1.165, 1.54) is 14.3 Å². The third kappa shape index (κ3) is 10.0. The van der Waals surface area contributed by atoms with Crippen LogP contribution >= 0.6 is 17.0 Å². The van der Waals surface area contributed by atoms with E-state index in [-0.39, 0.29) is 0 Å². The maximum absolute atomic E-state index is 5.54. The Balaban J connectivity index is 0.000000244. The summed E-state index contributed by atoms with van der Waals surface area (Å²) in [6.45, 7) is 8.20. The van der Waals surface area contributed by atoms with Crippen molar-refractivity contribution in [2.24, 2.45) is 0 Å². The molecule has 0 atom stereocenters. The first kappa shape index (κ1) is 18.0. The molecule has 0 saturated heterocycles. The molecule has 2 rings (SSSR count). The van der Waals surface area contributed by atoms with Crippen molar-refractivity contribution in [3.63, 3.8) is 0 Å². The fourth-order valence-electron chi connectivity index (χ4n) is 0.920. The molecule has 0 aliphatic rings.